The molecule has 94 valence electrons. The van der Waals surface area contributed by atoms with E-state index in [2.05, 4.69) is 25.7 Å². The molecule has 2 rings (SSSR count). The van der Waals surface area contributed by atoms with Crippen molar-refractivity contribution < 1.29 is 0 Å². The van der Waals surface area contributed by atoms with Gasteiger partial charge in [-0.2, -0.15) is 0 Å². The van der Waals surface area contributed by atoms with Gasteiger partial charge in [0, 0.05) is 18.6 Å². The van der Waals surface area contributed by atoms with Gasteiger partial charge in [-0.15, -0.1) is 0 Å². The highest BCUT2D eigenvalue weighted by atomic mass is 15.2. The molecule has 2 fully saturated rings. The summed E-state index contributed by atoms with van der Waals surface area (Å²) in [7, 11) is 0. The maximum Gasteiger partial charge on any atom is 0.0131 e. The minimum Gasteiger partial charge on any atom is -0.327 e. The van der Waals surface area contributed by atoms with Crippen LogP contribution in [0.4, 0.5) is 0 Å². The van der Waals surface area contributed by atoms with E-state index in [9.17, 15) is 0 Å². The van der Waals surface area contributed by atoms with E-state index in [4.69, 9.17) is 5.73 Å². The summed E-state index contributed by atoms with van der Waals surface area (Å²) in [6.07, 6.45) is 6.77. The summed E-state index contributed by atoms with van der Waals surface area (Å²) in [5.41, 5.74) is 6.76. The van der Waals surface area contributed by atoms with Crippen LogP contribution in [0.15, 0.2) is 0 Å². The first-order chi connectivity index (χ1) is 7.54. The Bertz CT molecular complexity index is 233. The van der Waals surface area contributed by atoms with Gasteiger partial charge in [0.15, 0.2) is 0 Å². The number of hydrogen-bond donors (Lipinski definition) is 1. The molecule has 2 nitrogen and oxygen atoms in total. The van der Waals surface area contributed by atoms with Gasteiger partial charge in [-0.25, -0.2) is 0 Å². The van der Waals surface area contributed by atoms with Crippen LogP contribution in [-0.2, 0) is 0 Å². The van der Waals surface area contributed by atoms with E-state index in [0.29, 0.717) is 11.5 Å². The fourth-order valence-corrected chi connectivity index (χ4v) is 3.20. The third kappa shape index (κ3) is 2.60. The highest BCUT2D eigenvalue weighted by molar-refractivity contribution is 4.96. The van der Waals surface area contributed by atoms with E-state index >= 15 is 0 Å². The third-order valence-electron chi connectivity index (χ3n) is 4.61. The Morgan fingerprint density at radius 2 is 1.94 bits per heavy atom. The van der Waals surface area contributed by atoms with Gasteiger partial charge < -0.3 is 10.6 Å². The van der Waals surface area contributed by atoms with Crippen molar-refractivity contribution in [3.63, 3.8) is 0 Å². The van der Waals surface area contributed by atoms with Crippen molar-refractivity contribution in [2.45, 2.75) is 65.0 Å². The van der Waals surface area contributed by atoms with Crippen molar-refractivity contribution in [3.05, 3.63) is 0 Å². The molecule has 16 heavy (non-hydrogen) atoms. The molecule has 2 aliphatic carbocycles. The summed E-state index contributed by atoms with van der Waals surface area (Å²) < 4.78 is 0. The molecule has 0 aromatic heterocycles. The van der Waals surface area contributed by atoms with Crippen LogP contribution >= 0.6 is 0 Å². The molecule has 2 unspecified atom stereocenters. The summed E-state index contributed by atoms with van der Waals surface area (Å²) in [6.45, 7) is 9.48. The molecule has 2 N–H and O–H groups in total. The Labute approximate surface area is 101 Å². The van der Waals surface area contributed by atoms with Gasteiger partial charge in [0.25, 0.3) is 0 Å². The lowest BCUT2D eigenvalue weighted by atomic mass is 9.85. The van der Waals surface area contributed by atoms with Crippen LogP contribution in [0.3, 0.4) is 0 Å². The predicted molar refractivity (Wildman–Crippen MR) is 69.4 cm³/mol. The second kappa shape index (κ2) is 4.66. The van der Waals surface area contributed by atoms with E-state index in [1.54, 1.807) is 0 Å². The Morgan fingerprint density at radius 3 is 2.38 bits per heavy atom. The largest absolute Gasteiger partial charge is 0.327 e. The molecule has 0 amide bonds. The van der Waals surface area contributed by atoms with Crippen LogP contribution in [0.1, 0.15) is 52.9 Å². The van der Waals surface area contributed by atoms with Crippen LogP contribution in [0.2, 0.25) is 0 Å². The molecule has 0 aromatic rings. The SMILES string of the molecule is CCCN(CC1CCC(C)(C)C1N)C1CC1. The molecule has 0 heterocycles. The summed E-state index contributed by atoms with van der Waals surface area (Å²) in [4.78, 5) is 2.70. The molecule has 2 atom stereocenters. The van der Waals surface area contributed by atoms with Gasteiger partial charge in [0.2, 0.25) is 0 Å². The number of hydrogen-bond acceptors (Lipinski definition) is 2. The van der Waals surface area contributed by atoms with Crippen LogP contribution in [0, 0.1) is 11.3 Å². The average molecular weight is 224 g/mol. The van der Waals surface area contributed by atoms with Gasteiger partial charge in [0.1, 0.15) is 0 Å². The van der Waals surface area contributed by atoms with Gasteiger partial charge in [-0.05, 0) is 50.0 Å². The molecular formula is C14H28N2. The van der Waals surface area contributed by atoms with Crippen molar-refractivity contribution in [2.75, 3.05) is 13.1 Å². The molecular weight excluding hydrogens is 196 g/mol. The molecule has 0 aromatic carbocycles. The van der Waals surface area contributed by atoms with Gasteiger partial charge in [-0.3, -0.25) is 0 Å². The molecule has 2 saturated carbocycles. The molecule has 0 bridgehead atoms. The molecule has 0 saturated heterocycles. The topological polar surface area (TPSA) is 29.3 Å². The van der Waals surface area contributed by atoms with Crippen molar-refractivity contribution in [2.24, 2.45) is 17.1 Å². The normalized spacial score (nSPS) is 33.6. The Hall–Kier alpha value is -0.0800. The Kier molecular flexibility index (Phi) is 3.60. The van der Waals surface area contributed by atoms with E-state index in [1.807, 2.05) is 0 Å². The fraction of sp³-hybridized carbons (Fsp3) is 1.00. The van der Waals surface area contributed by atoms with Crippen molar-refractivity contribution in [1.29, 1.82) is 0 Å². The lowest BCUT2D eigenvalue weighted by molar-refractivity contribution is 0.197. The smallest absolute Gasteiger partial charge is 0.0131 e. The summed E-state index contributed by atoms with van der Waals surface area (Å²) in [5.74, 6) is 0.738. The Balaban J connectivity index is 1.88. The van der Waals surface area contributed by atoms with Crippen LogP contribution in [0.25, 0.3) is 0 Å². The highest BCUT2D eigenvalue weighted by Crippen LogP contribution is 2.41. The Morgan fingerprint density at radius 1 is 1.25 bits per heavy atom. The number of rotatable bonds is 5. The molecule has 2 aliphatic rings. The van der Waals surface area contributed by atoms with Crippen LogP contribution in [-0.4, -0.2) is 30.1 Å². The average Bonchev–Trinajstić information content (AvgIpc) is 3.01. The summed E-state index contributed by atoms with van der Waals surface area (Å²) in [5, 5.41) is 0. The first kappa shape index (κ1) is 12.4. The molecule has 0 radical (unpaired) electrons. The minimum atomic E-state index is 0.367. The monoisotopic (exact) mass is 224 g/mol. The fourth-order valence-electron chi connectivity index (χ4n) is 3.20. The second-order valence-electron chi connectivity index (χ2n) is 6.54. The predicted octanol–water partition coefficient (Wildman–Crippen LogP) is 2.62. The number of nitrogens with zero attached hydrogens (tertiary/aromatic N) is 1. The zero-order valence-corrected chi connectivity index (χ0v) is 11.2. The van der Waals surface area contributed by atoms with E-state index in [-0.39, 0.29) is 0 Å². The van der Waals surface area contributed by atoms with Crippen molar-refractivity contribution in [1.82, 2.24) is 4.90 Å². The first-order valence-corrected chi connectivity index (χ1v) is 7.04. The van der Waals surface area contributed by atoms with Crippen molar-refractivity contribution in [3.8, 4) is 0 Å². The molecule has 0 spiro atoms. The van der Waals surface area contributed by atoms with E-state index < -0.39 is 0 Å². The maximum atomic E-state index is 6.40. The second-order valence-corrected chi connectivity index (χ2v) is 6.54. The quantitative estimate of drug-likeness (QED) is 0.778. The lowest BCUT2D eigenvalue weighted by Gasteiger charge is -2.31. The number of nitrogens with two attached hydrogens (primary N) is 1. The molecule has 0 aliphatic heterocycles. The zero-order valence-electron chi connectivity index (χ0n) is 11.2. The maximum absolute atomic E-state index is 6.40. The minimum absolute atomic E-state index is 0.367. The highest BCUT2D eigenvalue weighted by Gasteiger charge is 2.41. The van der Waals surface area contributed by atoms with Gasteiger partial charge >= 0.3 is 0 Å². The van der Waals surface area contributed by atoms with Gasteiger partial charge in [0.05, 0.1) is 0 Å². The standard InChI is InChI=1S/C14H28N2/c1-4-9-16(12-5-6-12)10-11-7-8-14(2,3)13(11)15/h11-13H,4-10,15H2,1-3H3. The third-order valence-corrected chi connectivity index (χ3v) is 4.61. The summed E-state index contributed by atoms with van der Waals surface area (Å²) in [6, 6.07) is 1.31. The van der Waals surface area contributed by atoms with Crippen LogP contribution in [0.5, 0.6) is 0 Å². The van der Waals surface area contributed by atoms with E-state index in [0.717, 1.165) is 12.0 Å². The van der Waals surface area contributed by atoms with Gasteiger partial charge in [-0.1, -0.05) is 20.8 Å². The lowest BCUT2D eigenvalue weighted by Crippen LogP contribution is -2.43. The zero-order chi connectivity index (χ0) is 11.8. The molecule has 2 heteroatoms. The van der Waals surface area contributed by atoms with E-state index in [1.165, 1.54) is 45.2 Å². The van der Waals surface area contributed by atoms with Crippen molar-refractivity contribution >= 4 is 0 Å². The first-order valence-electron chi connectivity index (χ1n) is 7.04. The summed E-state index contributed by atoms with van der Waals surface area (Å²) >= 11 is 0. The van der Waals surface area contributed by atoms with Crippen LogP contribution < -0.4 is 5.73 Å².